The van der Waals surface area contributed by atoms with Gasteiger partial charge in [0.2, 0.25) is 0 Å². The molecule has 19 heavy (non-hydrogen) atoms. The fourth-order valence-electron chi connectivity index (χ4n) is 1.77. The predicted molar refractivity (Wildman–Crippen MR) is 71.9 cm³/mol. The van der Waals surface area contributed by atoms with Crippen molar-refractivity contribution in [1.29, 1.82) is 0 Å². The molecule has 0 aliphatic rings. The molecule has 1 unspecified atom stereocenters. The van der Waals surface area contributed by atoms with Crippen LogP contribution in [-0.4, -0.2) is 6.54 Å². The molecular formula is C15H22F3N. The fourth-order valence-corrected chi connectivity index (χ4v) is 1.77. The molecule has 4 heteroatoms. The molecule has 0 amide bonds. The van der Waals surface area contributed by atoms with Crippen LogP contribution in [0.4, 0.5) is 13.2 Å². The number of hydrogen-bond acceptors (Lipinski definition) is 1. The van der Waals surface area contributed by atoms with E-state index in [2.05, 4.69) is 26.1 Å². The van der Waals surface area contributed by atoms with E-state index in [1.807, 2.05) is 6.92 Å². The molecule has 0 heterocycles. The first-order valence-corrected chi connectivity index (χ1v) is 6.50. The monoisotopic (exact) mass is 273 g/mol. The summed E-state index contributed by atoms with van der Waals surface area (Å²) >= 11 is 0. The van der Waals surface area contributed by atoms with Gasteiger partial charge in [0.1, 0.15) is 0 Å². The zero-order valence-corrected chi connectivity index (χ0v) is 11.9. The van der Waals surface area contributed by atoms with Gasteiger partial charge in [-0.3, -0.25) is 0 Å². The third kappa shape index (κ3) is 5.64. The van der Waals surface area contributed by atoms with Crippen LogP contribution in [0.2, 0.25) is 0 Å². The lowest BCUT2D eigenvalue weighted by Crippen LogP contribution is -2.23. The summed E-state index contributed by atoms with van der Waals surface area (Å²) in [7, 11) is 0. The average Bonchev–Trinajstić information content (AvgIpc) is 2.26. The van der Waals surface area contributed by atoms with Crippen LogP contribution in [0.1, 0.15) is 51.3 Å². The van der Waals surface area contributed by atoms with Crippen molar-refractivity contribution in [3.8, 4) is 0 Å². The number of benzene rings is 1. The van der Waals surface area contributed by atoms with E-state index in [-0.39, 0.29) is 11.5 Å². The average molecular weight is 273 g/mol. The Labute approximate surface area is 113 Å². The molecule has 0 aliphatic carbocycles. The highest BCUT2D eigenvalue weighted by molar-refractivity contribution is 5.27. The molecule has 0 aliphatic heterocycles. The highest BCUT2D eigenvalue weighted by Gasteiger charge is 2.30. The lowest BCUT2D eigenvalue weighted by atomic mass is 9.92. The van der Waals surface area contributed by atoms with Gasteiger partial charge in [-0.2, -0.15) is 13.2 Å². The first-order valence-electron chi connectivity index (χ1n) is 6.50. The van der Waals surface area contributed by atoms with Crippen molar-refractivity contribution >= 4 is 0 Å². The van der Waals surface area contributed by atoms with Crippen LogP contribution in [0.5, 0.6) is 0 Å². The number of hydrogen-bond donors (Lipinski definition) is 1. The SMILES string of the molecule is CC(NCCC(C)(C)C)c1cccc(C(F)(F)F)c1. The van der Waals surface area contributed by atoms with Gasteiger partial charge in [0.05, 0.1) is 5.56 Å². The maximum Gasteiger partial charge on any atom is 0.416 e. The second-order valence-electron chi connectivity index (χ2n) is 6.11. The van der Waals surface area contributed by atoms with Gasteiger partial charge in [-0.1, -0.05) is 32.9 Å². The maximum absolute atomic E-state index is 12.6. The third-order valence-corrected chi connectivity index (χ3v) is 3.04. The summed E-state index contributed by atoms with van der Waals surface area (Å²) in [6, 6.07) is 5.43. The Hall–Kier alpha value is -1.03. The molecule has 1 N–H and O–H groups in total. The Morgan fingerprint density at radius 3 is 2.32 bits per heavy atom. The molecule has 0 radical (unpaired) electrons. The number of rotatable bonds is 4. The molecule has 0 fully saturated rings. The number of nitrogens with one attached hydrogen (secondary N) is 1. The largest absolute Gasteiger partial charge is 0.416 e. The van der Waals surface area contributed by atoms with Crippen molar-refractivity contribution in [3.05, 3.63) is 35.4 Å². The highest BCUT2D eigenvalue weighted by Crippen LogP contribution is 2.30. The molecule has 1 aromatic rings. The molecule has 0 spiro atoms. The van der Waals surface area contributed by atoms with E-state index in [4.69, 9.17) is 0 Å². The van der Waals surface area contributed by atoms with E-state index in [0.717, 1.165) is 19.0 Å². The summed E-state index contributed by atoms with van der Waals surface area (Å²) < 4.78 is 37.9. The van der Waals surface area contributed by atoms with Gasteiger partial charge in [0, 0.05) is 6.04 Å². The molecule has 1 atom stereocenters. The Balaban J connectivity index is 2.65. The van der Waals surface area contributed by atoms with Gasteiger partial charge in [0.15, 0.2) is 0 Å². The zero-order chi connectivity index (χ0) is 14.7. The first kappa shape index (κ1) is 16.0. The lowest BCUT2D eigenvalue weighted by Gasteiger charge is -2.21. The van der Waals surface area contributed by atoms with Crippen LogP contribution in [0.3, 0.4) is 0 Å². The molecule has 0 aromatic heterocycles. The minimum atomic E-state index is -4.28. The van der Waals surface area contributed by atoms with E-state index >= 15 is 0 Å². The topological polar surface area (TPSA) is 12.0 Å². The van der Waals surface area contributed by atoms with E-state index in [9.17, 15) is 13.2 Å². The van der Waals surface area contributed by atoms with E-state index in [1.165, 1.54) is 12.1 Å². The Bertz CT molecular complexity index is 405. The maximum atomic E-state index is 12.6. The van der Waals surface area contributed by atoms with Gasteiger partial charge >= 0.3 is 6.18 Å². The van der Waals surface area contributed by atoms with Crippen molar-refractivity contribution < 1.29 is 13.2 Å². The predicted octanol–water partition coefficient (Wildman–Crippen LogP) is 4.79. The van der Waals surface area contributed by atoms with Crippen molar-refractivity contribution in [2.24, 2.45) is 5.41 Å². The molecule has 1 nitrogen and oxygen atoms in total. The molecule has 0 saturated carbocycles. The van der Waals surface area contributed by atoms with Crippen LogP contribution in [0.25, 0.3) is 0 Å². The summed E-state index contributed by atoms with van der Waals surface area (Å²) in [5, 5.41) is 3.27. The van der Waals surface area contributed by atoms with Gasteiger partial charge in [0.25, 0.3) is 0 Å². The highest BCUT2D eigenvalue weighted by atomic mass is 19.4. The van der Waals surface area contributed by atoms with Crippen LogP contribution in [0.15, 0.2) is 24.3 Å². The van der Waals surface area contributed by atoms with E-state index in [0.29, 0.717) is 5.56 Å². The van der Waals surface area contributed by atoms with E-state index < -0.39 is 11.7 Å². The van der Waals surface area contributed by atoms with Crippen molar-refractivity contribution in [1.82, 2.24) is 5.32 Å². The normalized spacial score (nSPS) is 14.5. The Morgan fingerprint density at radius 2 is 1.79 bits per heavy atom. The summed E-state index contributed by atoms with van der Waals surface area (Å²) in [6.07, 6.45) is -3.29. The smallest absolute Gasteiger partial charge is 0.310 e. The molecule has 108 valence electrons. The second-order valence-corrected chi connectivity index (χ2v) is 6.11. The summed E-state index contributed by atoms with van der Waals surface area (Å²) in [5.41, 5.74) is 0.304. The minimum Gasteiger partial charge on any atom is -0.310 e. The molecule has 1 aromatic carbocycles. The lowest BCUT2D eigenvalue weighted by molar-refractivity contribution is -0.137. The summed E-state index contributed by atoms with van der Waals surface area (Å²) in [5.74, 6) is 0. The van der Waals surface area contributed by atoms with Crippen molar-refractivity contribution in [3.63, 3.8) is 0 Å². The molecular weight excluding hydrogens is 251 g/mol. The Morgan fingerprint density at radius 1 is 1.16 bits per heavy atom. The first-order chi connectivity index (χ1) is 8.59. The molecule has 0 bridgehead atoms. The van der Waals surface area contributed by atoms with Crippen LogP contribution in [0, 0.1) is 5.41 Å². The fraction of sp³-hybridized carbons (Fsp3) is 0.600. The van der Waals surface area contributed by atoms with Crippen molar-refractivity contribution in [2.45, 2.75) is 46.3 Å². The number of alkyl halides is 3. The number of halogens is 3. The van der Waals surface area contributed by atoms with Gasteiger partial charge in [-0.05, 0) is 43.0 Å². The summed E-state index contributed by atoms with van der Waals surface area (Å²) in [4.78, 5) is 0. The summed E-state index contributed by atoms with van der Waals surface area (Å²) in [6.45, 7) is 9.11. The zero-order valence-electron chi connectivity index (χ0n) is 11.9. The quantitative estimate of drug-likeness (QED) is 0.831. The van der Waals surface area contributed by atoms with E-state index in [1.54, 1.807) is 6.07 Å². The minimum absolute atomic E-state index is 0.0790. The van der Waals surface area contributed by atoms with Crippen LogP contribution < -0.4 is 5.32 Å². The van der Waals surface area contributed by atoms with Gasteiger partial charge < -0.3 is 5.32 Å². The van der Waals surface area contributed by atoms with Crippen molar-refractivity contribution in [2.75, 3.05) is 6.54 Å². The van der Waals surface area contributed by atoms with Gasteiger partial charge in [-0.15, -0.1) is 0 Å². The molecule has 0 saturated heterocycles. The standard InChI is InChI=1S/C15H22F3N/c1-11(19-9-8-14(2,3)4)12-6-5-7-13(10-12)15(16,17)18/h5-7,10-11,19H,8-9H2,1-4H3. The Kier molecular flexibility index (Phi) is 5.02. The van der Waals surface area contributed by atoms with Gasteiger partial charge in [-0.25, -0.2) is 0 Å². The third-order valence-electron chi connectivity index (χ3n) is 3.04. The van der Waals surface area contributed by atoms with Crippen LogP contribution >= 0.6 is 0 Å². The molecule has 1 rings (SSSR count). The van der Waals surface area contributed by atoms with Crippen LogP contribution in [-0.2, 0) is 6.18 Å². The second kappa shape index (κ2) is 5.95.